The van der Waals surface area contributed by atoms with Crippen LogP contribution in [0.4, 0.5) is 22.7 Å². The lowest BCUT2D eigenvalue weighted by Gasteiger charge is -2.12. The highest BCUT2D eigenvalue weighted by molar-refractivity contribution is 6.29. The van der Waals surface area contributed by atoms with Gasteiger partial charge in [-0.15, -0.1) is 0 Å². The maximum absolute atomic E-state index is 13.2. The zero-order valence-electron chi connectivity index (χ0n) is 19.1. The number of ether oxygens (including phenoxy) is 2. The van der Waals surface area contributed by atoms with Crippen molar-refractivity contribution in [1.29, 1.82) is 0 Å². The number of amides is 2. The number of para-hydroxylation sites is 4. The van der Waals surface area contributed by atoms with E-state index < -0.39 is 27.2 Å². The Labute approximate surface area is 204 Å². The summed E-state index contributed by atoms with van der Waals surface area (Å²) in [6.45, 7) is 0. The first-order chi connectivity index (χ1) is 17.2. The SMILES string of the molecule is COc1ccc(C=C(C(=O)Nc2ccccc2[N+](=O)[O-])C(=O)Nc2ccccc2[N+](=O)[O-])cc1OC. The Bertz CT molecular complexity index is 1300. The summed E-state index contributed by atoms with van der Waals surface area (Å²) in [5, 5.41) is 27.4. The number of rotatable bonds is 9. The number of carbonyl (C=O) groups is 2. The highest BCUT2D eigenvalue weighted by Gasteiger charge is 2.24. The predicted molar refractivity (Wildman–Crippen MR) is 131 cm³/mol. The second kappa shape index (κ2) is 11.2. The molecule has 0 unspecified atom stereocenters. The van der Waals surface area contributed by atoms with Crippen molar-refractivity contribution in [3.05, 3.63) is 98.1 Å². The zero-order valence-corrected chi connectivity index (χ0v) is 19.1. The van der Waals surface area contributed by atoms with Crippen molar-refractivity contribution < 1.29 is 28.9 Å². The van der Waals surface area contributed by atoms with Crippen LogP contribution >= 0.6 is 0 Å². The molecule has 0 fully saturated rings. The van der Waals surface area contributed by atoms with Gasteiger partial charge in [0.2, 0.25) is 0 Å². The molecule has 0 saturated heterocycles. The first-order valence-electron chi connectivity index (χ1n) is 10.3. The van der Waals surface area contributed by atoms with Gasteiger partial charge in [-0.3, -0.25) is 29.8 Å². The van der Waals surface area contributed by atoms with E-state index in [0.29, 0.717) is 17.1 Å². The van der Waals surface area contributed by atoms with Crippen LogP contribution < -0.4 is 20.1 Å². The second-order valence-corrected chi connectivity index (χ2v) is 7.13. The standard InChI is InChI=1S/C24H20N4O8/c1-35-21-12-11-15(14-22(21)36-2)13-16(23(29)25-17-7-3-5-9-19(17)27(31)32)24(30)26-18-8-4-6-10-20(18)28(33)34/h3-14H,1-2H3,(H,25,29)(H,26,30). The third kappa shape index (κ3) is 5.80. The monoisotopic (exact) mass is 492 g/mol. The van der Waals surface area contributed by atoms with E-state index in [1.54, 1.807) is 12.1 Å². The molecule has 3 rings (SSSR count). The lowest BCUT2D eigenvalue weighted by atomic mass is 10.1. The maximum atomic E-state index is 13.2. The minimum atomic E-state index is -0.977. The van der Waals surface area contributed by atoms with Crippen molar-refractivity contribution in [3.63, 3.8) is 0 Å². The molecule has 12 nitrogen and oxygen atoms in total. The molecule has 2 N–H and O–H groups in total. The molecule has 3 aromatic rings. The van der Waals surface area contributed by atoms with Crippen molar-refractivity contribution in [3.8, 4) is 11.5 Å². The predicted octanol–water partition coefficient (Wildman–Crippen LogP) is 4.18. The third-order valence-corrected chi connectivity index (χ3v) is 4.91. The van der Waals surface area contributed by atoms with Crippen molar-refractivity contribution in [2.45, 2.75) is 0 Å². The Morgan fingerprint density at radius 2 is 1.22 bits per heavy atom. The van der Waals surface area contributed by atoms with Gasteiger partial charge in [0.25, 0.3) is 23.2 Å². The molecule has 36 heavy (non-hydrogen) atoms. The van der Waals surface area contributed by atoms with Gasteiger partial charge in [-0.25, -0.2) is 0 Å². The van der Waals surface area contributed by atoms with Crippen LogP contribution in [0.15, 0.2) is 72.3 Å². The fraction of sp³-hybridized carbons (Fsp3) is 0.0833. The number of benzene rings is 3. The van der Waals surface area contributed by atoms with E-state index in [1.165, 1.54) is 74.9 Å². The molecular weight excluding hydrogens is 472 g/mol. The van der Waals surface area contributed by atoms with E-state index in [-0.39, 0.29) is 22.7 Å². The second-order valence-electron chi connectivity index (χ2n) is 7.13. The maximum Gasteiger partial charge on any atom is 0.292 e. The van der Waals surface area contributed by atoms with E-state index in [1.807, 2.05) is 0 Å². The van der Waals surface area contributed by atoms with Crippen molar-refractivity contribution in [2.24, 2.45) is 0 Å². The fourth-order valence-corrected chi connectivity index (χ4v) is 3.20. The number of nitrogens with zero attached hydrogens (tertiary/aromatic N) is 2. The Balaban J connectivity index is 2.05. The first-order valence-corrected chi connectivity index (χ1v) is 10.3. The van der Waals surface area contributed by atoms with Gasteiger partial charge in [0.1, 0.15) is 16.9 Å². The summed E-state index contributed by atoms with van der Waals surface area (Å²) in [6, 6.07) is 15.4. The molecule has 0 aromatic heterocycles. The summed E-state index contributed by atoms with van der Waals surface area (Å²) >= 11 is 0. The molecule has 0 saturated carbocycles. The summed E-state index contributed by atoms with van der Waals surface area (Å²) in [5.74, 6) is -1.22. The van der Waals surface area contributed by atoms with Gasteiger partial charge in [0.05, 0.1) is 24.1 Å². The number of anilines is 2. The molecule has 3 aromatic carbocycles. The number of nitro groups is 2. The molecule has 12 heteroatoms. The average Bonchev–Trinajstić information content (AvgIpc) is 2.87. The van der Waals surface area contributed by atoms with Gasteiger partial charge in [0, 0.05) is 12.1 Å². The highest BCUT2D eigenvalue weighted by Crippen LogP contribution is 2.30. The largest absolute Gasteiger partial charge is 0.493 e. The van der Waals surface area contributed by atoms with E-state index in [9.17, 15) is 29.8 Å². The molecule has 184 valence electrons. The van der Waals surface area contributed by atoms with Gasteiger partial charge in [-0.05, 0) is 35.9 Å². The lowest BCUT2D eigenvalue weighted by Crippen LogP contribution is -2.26. The lowest BCUT2D eigenvalue weighted by molar-refractivity contribution is -0.384. The first kappa shape index (κ1) is 25.4. The summed E-state index contributed by atoms with van der Waals surface area (Å²) in [4.78, 5) is 47.7. The van der Waals surface area contributed by atoms with Crippen LogP contribution in [0.3, 0.4) is 0 Å². The smallest absolute Gasteiger partial charge is 0.292 e. The molecule has 0 atom stereocenters. The number of nitrogens with one attached hydrogen (secondary N) is 2. The van der Waals surface area contributed by atoms with Gasteiger partial charge in [0.15, 0.2) is 11.5 Å². The van der Waals surface area contributed by atoms with Gasteiger partial charge in [-0.1, -0.05) is 30.3 Å². The van der Waals surface area contributed by atoms with Gasteiger partial charge in [-0.2, -0.15) is 0 Å². The molecule has 0 aliphatic heterocycles. The van der Waals surface area contributed by atoms with Crippen molar-refractivity contribution in [2.75, 3.05) is 24.9 Å². The average molecular weight is 492 g/mol. The number of methoxy groups -OCH3 is 2. The van der Waals surface area contributed by atoms with E-state index >= 15 is 0 Å². The van der Waals surface area contributed by atoms with Crippen molar-refractivity contribution in [1.82, 2.24) is 0 Å². The topological polar surface area (TPSA) is 163 Å². The highest BCUT2D eigenvalue weighted by atomic mass is 16.6. The van der Waals surface area contributed by atoms with E-state index in [0.717, 1.165) is 0 Å². The molecule has 0 aliphatic rings. The van der Waals surface area contributed by atoms with Crippen LogP contribution in [0.5, 0.6) is 11.5 Å². The van der Waals surface area contributed by atoms with Gasteiger partial charge >= 0.3 is 0 Å². The summed E-state index contributed by atoms with van der Waals surface area (Å²) in [5.41, 5.74) is -1.14. The molecule has 0 heterocycles. The third-order valence-electron chi connectivity index (χ3n) is 4.91. The summed E-state index contributed by atoms with van der Waals surface area (Å²) in [7, 11) is 2.86. The Morgan fingerprint density at radius 3 is 1.67 bits per heavy atom. The van der Waals surface area contributed by atoms with Crippen molar-refractivity contribution >= 4 is 40.6 Å². The Hall–Kier alpha value is -5.26. The number of hydrogen-bond donors (Lipinski definition) is 2. The van der Waals surface area contributed by atoms with Crippen LogP contribution in [0.1, 0.15) is 5.56 Å². The Kier molecular flexibility index (Phi) is 7.92. The molecule has 0 radical (unpaired) electrons. The molecule has 0 spiro atoms. The van der Waals surface area contributed by atoms with Crippen LogP contribution in [-0.4, -0.2) is 35.9 Å². The van der Waals surface area contributed by atoms with E-state index in [2.05, 4.69) is 10.6 Å². The molecule has 0 aliphatic carbocycles. The van der Waals surface area contributed by atoms with Crippen LogP contribution in [-0.2, 0) is 9.59 Å². The fourth-order valence-electron chi connectivity index (χ4n) is 3.20. The summed E-state index contributed by atoms with van der Waals surface area (Å²) < 4.78 is 10.4. The van der Waals surface area contributed by atoms with Crippen LogP contribution in [0, 0.1) is 20.2 Å². The number of hydrogen-bond acceptors (Lipinski definition) is 8. The van der Waals surface area contributed by atoms with Crippen LogP contribution in [0.25, 0.3) is 6.08 Å². The molecule has 0 bridgehead atoms. The Morgan fingerprint density at radius 1 is 0.750 bits per heavy atom. The number of nitro benzene ring substituents is 2. The minimum absolute atomic E-state index is 0.135. The van der Waals surface area contributed by atoms with Gasteiger partial charge < -0.3 is 20.1 Å². The number of carbonyl (C=O) groups excluding carboxylic acids is 2. The minimum Gasteiger partial charge on any atom is -0.493 e. The zero-order chi connectivity index (χ0) is 26.2. The molecule has 2 amide bonds. The molecular formula is C24H20N4O8. The normalized spacial score (nSPS) is 10.1. The van der Waals surface area contributed by atoms with Crippen LogP contribution in [0.2, 0.25) is 0 Å². The van der Waals surface area contributed by atoms with E-state index in [4.69, 9.17) is 9.47 Å². The quantitative estimate of drug-likeness (QED) is 0.148. The summed E-state index contributed by atoms with van der Waals surface area (Å²) in [6.07, 6.45) is 1.22.